The van der Waals surface area contributed by atoms with Crippen molar-refractivity contribution in [1.82, 2.24) is 24.7 Å². The van der Waals surface area contributed by atoms with Crippen LogP contribution in [0, 0.1) is 0 Å². The van der Waals surface area contributed by atoms with Crippen molar-refractivity contribution in [1.29, 1.82) is 0 Å². The van der Waals surface area contributed by atoms with Gasteiger partial charge in [-0.05, 0) is 86.6 Å². The molecule has 0 saturated carbocycles. The average Bonchev–Trinajstić information content (AvgIpc) is 3.16. The summed E-state index contributed by atoms with van der Waals surface area (Å²) in [5.74, 6) is 2.13. The molecule has 0 spiro atoms. The summed E-state index contributed by atoms with van der Waals surface area (Å²) in [5.41, 5.74) is 5.38. The summed E-state index contributed by atoms with van der Waals surface area (Å²) < 4.78 is 13.6. The Morgan fingerprint density at radius 3 is 2.25 bits per heavy atom. The monoisotopic (exact) mass is 752 g/mol. The van der Waals surface area contributed by atoms with Crippen LogP contribution in [-0.4, -0.2) is 103 Å². The number of carbonyl (C=O) groups excluding carboxylic acids is 3. The van der Waals surface area contributed by atoms with Crippen LogP contribution in [0.4, 0.5) is 5.82 Å². The third-order valence-corrected chi connectivity index (χ3v) is 11.0. The Kier molecular flexibility index (Phi) is 12.3. The number of aromatic nitrogens is 2. The quantitative estimate of drug-likeness (QED) is 0.168. The van der Waals surface area contributed by atoms with E-state index in [2.05, 4.69) is 32.2 Å². The fourth-order valence-electron chi connectivity index (χ4n) is 7.85. The summed E-state index contributed by atoms with van der Waals surface area (Å²) in [5, 5.41) is 10.7. The largest absolute Gasteiger partial charge is 0.496 e. The van der Waals surface area contributed by atoms with Crippen LogP contribution in [0.3, 0.4) is 0 Å². The summed E-state index contributed by atoms with van der Waals surface area (Å²) in [6.07, 6.45) is 8.25. The second-order valence-corrected chi connectivity index (χ2v) is 14.4. The first kappa shape index (κ1) is 39.1. The SMILES string of the molecule is COc1cc(-c2cn(C)c(=O)c3cnc(N4CCC4)cc23)cc(OC)c1CN1CCC(c2ccc(C=O)c(CN(C)C3CCC(=O)NC3=O)c2)CC1.O=CO. The number of benzene rings is 2. The van der Waals surface area contributed by atoms with Crippen LogP contribution in [0.15, 0.2) is 53.6 Å². The number of pyridine rings is 2. The van der Waals surface area contributed by atoms with Crippen LogP contribution in [0.1, 0.15) is 65.1 Å². The van der Waals surface area contributed by atoms with E-state index >= 15 is 0 Å². The predicted molar refractivity (Wildman–Crippen MR) is 208 cm³/mol. The van der Waals surface area contributed by atoms with E-state index in [1.165, 1.54) is 5.56 Å². The number of carboxylic acid groups (broad SMARTS) is 1. The van der Waals surface area contributed by atoms with E-state index in [4.69, 9.17) is 19.4 Å². The van der Waals surface area contributed by atoms with Gasteiger partial charge in [-0.2, -0.15) is 0 Å². The highest BCUT2D eigenvalue weighted by molar-refractivity contribution is 6.00. The van der Waals surface area contributed by atoms with Gasteiger partial charge in [-0.1, -0.05) is 18.2 Å². The van der Waals surface area contributed by atoms with E-state index in [9.17, 15) is 19.2 Å². The van der Waals surface area contributed by atoms with Crippen LogP contribution in [0.25, 0.3) is 21.9 Å². The topological polar surface area (TPSA) is 164 Å². The Morgan fingerprint density at radius 2 is 1.65 bits per heavy atom. The highest BCUT2D eigenvalue weighted by Crippen LogP contribution is 2.40. The number of amides is 2. The molecule has 1 unspecified atom stereocenters. The van der Waals surface area contributed by atoms with Gasteiger partial charge in [0, 0.05) is 68.6 Å². The minimum absolute atomic E-state index is 0.0872. The van der Waals surface area contributed by atoms with Crippen molar-refractivity contribution < 1.29 is 33.8 Å². The molecule has 2 aromatic heterocycles. The number of imide groups is 1. The van der Waals surface area contributed by atoms with Gasteiger partial charge in [0.25, 0.3) is 12.0 Å². The maximum absolute atomic E-state index is 13.1. The smallest absolute Gasteiger partial charge is 0.290 e. The molecular weight excluding hydrogens is 704 g/mol. The van der Waals surface area contributed by atoms with Crippen LogP contribution in [0.2, 0.25) is 0 Å². The molecule has 2 N–H and O–H groups in total. The Hall–Kier alpha value is -5.60. The summed E-state index contributed by atoms with van der Waals surface area (Å²) >= 11 is 0. The van der Waals surface area contributed by atoms with Crippen molar-refractivity contribution in [3.8, 4) is 22.6 Å². The highest BCUT2D eigenvalue weighted by Gasteiger charge is 2.31. The second-order valence-electron chi connectivity index (χ2n) is 14.4. The molecule has 2 aromatic carbocycles. The normalized spacial score (nSPS) is 17.6. The number of carbonyl (C=O) groups is 4. The fourth-order valence-corrected chi connectivity index (χ4v) is 7.85. The molecule has 3 aliphatic rings. The molecule has 1 atom stereocenters. The molecule has 3 saturated heterocycles. The van der Waals surface area contributed by atoms with E-state index in [0.29, 0.717) is 42.8 Å². The number of hydrogen-bond acceptors (Lipinski definition) is 11. The van der Waals surface area contributed by atoms with Crippen LogP contribution >= 0.6 is 0 Å². The van der Waals surface area contributed by atoms with E-state index < -0.39 is 6.04 Å². The second kappa shape index (κ2) is 17.2. The summed E-state index contributed by atoms with van der Waals surface area (Å²) in [7, 11) is 6.98. The van der Waals surface area contributed by atoms with Gasteiger partial charge in [-0.15, -0.1) is 0 Å². The van der Waals surface area contributed by atoms with Crippen LogP contribution in [-0.2, 0) is 34.5 Å². The van der Waals surface area contributed by atoms with E-state index in [0.717, 1.165) is 96.7 Å². The maximum Gasteiger partial charge on any atom is 0.290 e. The lowest BCUT2D eigenvalue weighted by molar-refractivity contribution is -0.137. The number of nitrogens with one attached hydrogen (secondary N) is 1. The lowest BCUT2D eigenvalue weighted by Crippen LogP contribution is -2.51. The molecule has 3 aliphatic heterocycles. The lowest BCUT2D eigenvalue weighted by Gasteiger charge is -2.33. The van der Waals surface area contributed by atoms with Crippen molar-refractivity contribution in [3.05, 3.63) is 81.4 Å². The van der Waals surface area contributed by atoms with Crippen molar-refractivity contribution in [3.63, 3.8) is 0 Å². The molecule has 55 heavy (non-hydrogen) atoms. The standard InChI is InChI=1S/C40H46N6O6.CH2O2/c1-43(34-8-9-38(48)42-39(34)49)21-29-16-26(6-7-27(29)24-47)25-10-14-45(15-11-25)23-33-35(51-3)17-28(18-36(33)52-4)32-22-44(2)40(50)31-20-41-37(19-30(31)32)46-12-5-13-46;2-1-3/h6-7,16-20,22,24-25,34H,5,8-15,21,23H2,1-4H3,(H,42,48,49);1H,(H,2,3). The first-order chi connectivity index (χ1) is 26.6. The van der Waals surface area contributed by atoms with Gasteiger partial charge in [0.2, 0.25) is 11.8 Å². The van der Waals surface area contributed by atoms with E-state index in [1.807, 2.05) is 42.4 Å². The van der Waals surface area contributed by atoms with Gasteiger partial charge in [0.05, 0.1) is 31.2 Å². The number of likely N-dealkylation sites (N-methyl/N-ethyl adjacent to an activating group) is 1. The summed E-state index contributed by atoms with van der Waals surface area (Å²) in [6.45, 7) is 4.51. The Bertz CT molecular complexity index is 2110. The zero-order chi connectivity index (χ0) is 39.2. The van der Waals surface area contributed by atoms with Crippen molar-refractivity contribution >= 4 is 41.2 Å². The third-order valence-electron chi connectivity index (χ3n) is 11.0. The molecular formula is C41H48N6O8. The van der Waals surface area contributed by atoms with E-state index in [-0.39, 0.29) is 23.8 Å². The lowest BCUT2D eigenvalue weighted by atomic mass is 9.87. The number of hydrogen-bond donors (Lipinski definition) is 2. The van der Waals surface area contributed by atoms with Crippen molar-refractivity contribution in [2.45, 2.75) is 57.2 Å². The van der Waals surface area contributed by atoms with Gasteiger partial charge >= 0.3 is 0 Å². The van der Waals surface area contributed by atoms with Crippen LogP contribution in [0.5, 0.6) is 11.5 Å². The number of aryl methyl sites for hydroxylation is 1. The molecule has 7 rings (SSSR count). The van der Waals surface area contributed by atoms with Gasteiger partial charge in [-0.3, -0.25) is 39.1 Å². The summed E-state index contributed by atoms with van der Waals surface area (Å²) in [4.78, 5) is 68.7. The van der Waals surface area contributed by atoms with Crippen LogP contribution < -0.4 is 25.2 Å². The molecule has 2 amide bonds. The Labute approximate surface area is 319 Å². The molecule has 3 fully saturated rings. The predicted octanol–water partition coefficient (Wildman–Crippen LogP) is 3.96. The highest BCUT2D eigenvalue weighted by atomic mass is 16.5. The number of piperidine rings is 2. The van der Waals surface area contributed by atoms with Gasteiger partial charge in [-0.25, -0.2) is 4.98 Å². The first-order valence-electron chi connectivity index (χ1n) is 18.5. The molecule has 14 nitrogen and oxygen atoms in total. The minimum atomic E-state index is -0.409. The zero-order valence-corrected chi connectivity index (χ0v) is 31.7. The number of rotatable bonds is 11. The molecule has 0 aliphatic carbocycles. The first-order valence-corrected chi connectivity index (χ1v) is 18.5. The summed E-state index contributed by atoms with van der Waals surface area (Å²) in [6, 6.07) is 11.7. The van der Waals surface area contributed by atoms with Crippen molar-refractivity contribution in [2.75, 3.05) is 52.3 Å². The maximum atomic E-state index is 13.1. The average molecular weight is 753 g/mol. The molecule has 0 bridgehead atoms. The Balaban J connectivity index is 0.00000166. The number of fused-ring (bicyclic) bond motifs is 1. The fraction of sp³-hybridized carbons (Fsp3) is 0.415. The number of ether oxygens (including phenoxy) is 2. The van der Waals surface area contributed by atoms with Gasteiger partial charge in [0.15, 0.2) is 0 Å². The Morgan fingerprint density at radius 1 is 0.964 bits per heavy atom. The molecule has 290 valence electrons. The minimum Gasteiger partial charge on any atom is -0.496 e. The molecule has 0 radical (unpaired) electrons. The molecule has 4 aromatic rings. The molecule has 5 heterocycles. The number of aldehydes is 1. The zero-order valence-electron chi connectivity index (χ0n) is 31.7. The van der Waals surface area contributed by atoms with Gasteiger partial charge in [0.1, 0.15) is 23.6 Å². The van der Waals surface area contributed by atoms with E-state index in [1.54, 1.807) is 32.0 Å². The number of methoxy groups -OCH3 is 2. The number of nitrogens with zero attached hydrogens (tertiary/aromatic N) is 5. The number of likely N-dealkylation sites (tertiary alicyclic amines) is 1. The van der Waals surface area contributed by atoms with Gasteiger partial charge < -0.3 is 24.0 Å². The van der Waals surface area contributed by atoms with Crippen molar-refractivity contribution in [2.24, 2.45) is 7.05 Å². The number of anilines is 1. The molecule has 14 heteroatoms. The third kappa shape index (κ3) is 8.40.